The minimum Gasteiger partial charge on any atom is -0.481 e. The standard InChI is InChI=1S/C8H13N3O4S3/c1-2-18(14,15)4-3-9-7-10-11-8(17-7)16-5-6(12)13/h2-5H2,1H3,(H,9,10)(H,12,13). The van der Waals surface area contributed by atoms with E-state index in [2.05, 4.69) is 15.5 Å². The molecule has 0 fully saturated rings. The fraction of sp³-hybridized carbons (Fsp3) is 0.625. The van der Waals surface area contributed by atoms with Crippen molar-refractivity contribution in [2.24, 2.45) is 0 Å². The Balaban J connectivity index is 2.38. The fourth-order valence-corrected chi connectivity index (χ4v) is 3.12. The topological polar surface area (TPSA) is 109 Å². The zero-order valence-electron chi connectivity index (χ0n) is 9.62. The number of nitrogens with one attached hydrogen (secondary N) is 1. The van der Waals surface area contributed by atoms with Crippen LogP contribution < -0.4 is 5.32 Å². The summed E-state index contributed by atoms with van der Waals surface area (Å²) < 4.78 is 23.0. The molecule has 1 rings (SSSR count). The van der Waals surface area contributed by atoms with Crippen molar-refractivity contribution in [3.05, 3.63) is 0 Å². The van der Waals surface area contributed by atoms with Gasteiger partial charge in [0.15, 0.2) is 14.2 Å². The normalized spacial score (nSPS) is 11.4. The molecular weight excluding hydrogens is 298 g/mol. The first kappa shape index (κ1) is 15.2. The van der Waals surface area contributed by atoms with E-state index >= 15 is 0 Å². The Morgan fingerprint density at radius 3 is 2.83 bits per heavy atom. The first-order chi connectivity index (χ1) is 8.43. The summed E-state index contributed by atoms with van der Waals surface area (Å²) in [6.45, 7) is 1.87. The fourth-order valence-electron chi connectivity index (χ4n) is 0.921. The molecule has 1 aromatic rings. The molecular formula is C8H13N3O4S3. The molecule has 0 unspecified atom stereocenters. The molecule has 18 heavy (non-hydrogen) atoms. The van der Waals surface area contributed by atoms with Gasteiger partial charge in [0.1, 0.15) is 0 Å². The van der Waals surface area contributed by atoms with E-state index in [0.29, 0.717) is 9.47 Å². The van der Waals surface area contributed by atoms with Crippen LogP contribution >= 0.6 is 23.1 Å². The van der Waals surface area contributed by atoms with Crippen molar-refractivity contribution >= 4 is 44.0 Å². The number of carboxylic acids is 1. The van der Waals surface area contributed by atoms with Crippen LogP contribution in [-0.4, -0.2) is 53.5 Å². The van der Waals surface area contributed by atoms with Crippen LogP contribution in [0.2, 0.25) is 0 Å². The summed E-state index contributed by atoms with van der Waals surface area (Å²) in [7, 11) is -2.99. The van der Waals surface area contributed by atoms with Gasteiger partial charge in [0.05, 0.1) is 11.5 Å². The molecule has 1 heterocycles. The van der Waals surface area contributed by atoms with E-state index in [-0.39, 0.29) is 23.8 Å². The molecule has 2 N–H and O–H groups in total. The number of carboxylic acid groups (broad SMARTS) is 1. The van der Waals surface area contributed by atoms with E-state index < -0.39 is 15.8 Å². The van der Waals surface area contributed by atoms with Gasteiger partial charge in [0.25, 0.3) is 0 Å². The second kappa shape index (κ2) is 6.90. The number of rotatable bonds is 8. The van der Waals surface area contributed by atoms with Gasteiger partial charge in [-0.1, -0.05) is 30.0 Å². The van der Waals surface area contributed by atoms with Gasteiger partial charge in [-0.2, -0.15) is 0 Å². The second-order valence-electron chi connectivity index (χ2n) is 3.22. The third-order valence-electron chi connectivity index (χ3n) is 1.85. The van der Waals surface area contributed by atoms with E-state index in [0.717, 1.165) is 11.8 Å². The van der Waals surface area contributed by atoms with Gasteiger partial charge in [-0.15, -0.1) is 10.2 Å². The Hall–Kier alpha value is -0.870. The van der Waals surface area contributed by atoms with Crippen molar-refractivity contribution in [2.45, 2.75) is 11.3 Å². The van der Waals surface area contributed by atoms with Gasteiger partial charge in [-0.25, -0.2) is 8.42 Å². The molecule has 102 valence electrons. The Kier molecular flexibility index (Phi) is 5.82. The van der Waals surface area contributed by atoms with Crippen molar-refractivity contribution in [3.8, 4) is 0 Å². The van der Waals surface area contributed by atoms with Crippen LogP contribution in [0.5, 0.6) is 0 Å². The van der Waals surface area contributed by atoms with Crippen LogP contribution in [0.1, 0.15) is 6.92 Å². The van der Waals surface area contributed by atoms with Crippen LogP contribution in [0.25, 0.3) is 0 Å². The maximum absolute atomic E-state index is 11.2. The predicted molar refractivity (Wildman–Crippen MR) is 71.1 cm³/mol. The minimum absolute atomic E-state index is 0.0423. The monoisotopic (exact) mass is 311 g/mol. The second-order valence-corrected chi connectivity index (χ2v) is 7.89. The number of nitrogens with zero attached hydrogens (tertiary/aromatic N) is 2. The number of sulfone groups is 1. The third-order valence-corrected chi connectivity index (χ3v) is 5.56. The van der Waals surface area contributed by atoms with Gasteiger partial charge < -0.3 is 10.4 Å². The number of aromatic nitrogens is 2. The van der Waals surface area contributed by atoms with Gasteiger partial charge in [0.2, 0.25) is 5.13 Å². The molecule has 0 spiro atoms. The molecule has 0 aromatic carbocycles. The Morgan fingerprint density at radius 2 is 2.22 bits per heavy atom. The molecule has 10 heteroatoms. The molecule has 0 saturated carbocycles. The van der Waals surface area contributed by atoms with E-state index in [9.17, 15) is 13.2 Å². The molecule has 1 aromatic heterocycles. The quantitative estimate of drug-likeness (QED) is 0.670. The van der Waals surface area contributed by atoms with Crippen molar-refractivity contribution in [1.82, 2.24) is 10.2 Å². The van der Waals surface area contributed by atoms with Gasteiger partial charge in [-0.3, -0.25) is 4.79 Å². The first-order valence-corrected chi connectivity index (χ1v) is 8.67. The first-order valence-electron chi connectivity index (χ1n) is 5.05. The molecule has 0 aliphatic rings. The van der Waals surface area contributed by atoms with Crippen molar-refractivity contribution in [3.63, 3.8) is 0 Å². The number of aliphatic carboxylic acids is 1. The number of carbonyl (C=O) groups is 1. The zero-order chi connectivity index (χ0) is 13.6. The molecule has 7 nitrogen and oxygen atoms in total. The van der Waals surface area contributed by atoms with Gasteiger partial charge in [0, 0.05) is 12.3 Å². The Bertz CT molecular complexity index is 499. The van der Waals surface area contributed by atoms with Gasteiger partial charge >= 0.3 is 5.97 Å². The molecule has 0 atom stereocenters. The van der Waals surface area contributed by atoms with Crippen LogP contribution in [0.3, 0.4) is 0 Å². The number of hydrogen-bond acceptors (Lipinski definition) is 8. The highest BCUT2D eigenvalue weighted by Gasteiger charge is 2.09. The summed E-state index contributed by atoms with van der Waals surface area (Å²) in [5.74, 6) is -0.830. The lowest BCUT2D eigenvalue weighted by Crippen LogP contribution is -2.17. The molecule has 0 aliphatic heterocycles. The van der Waals surface area contributed by atoms with Crippen LogP contribution in [0, 0.1) is 0 Å². The third kappa shape index (κ3) is 5.65. The molecule has 0 amide bonds. The van der Waals surface area contributed by atoms with E-state index in [1.165, 1.54) is 11.3 Å². The van der Waals surface area contributed by atoms with Crippen molar-refractivity contribution < 1.29 is 18.3 Å². The smallest absolute Gasteiger partial charge is 0.313 e. The average molecular weight is 311 g/mol. The zero-order valence-corrected chi connectivity index (χ0v) is 12.1. The molecule has 0 saturated heterocycles. The molecule has 0 bridgehead atoms. The number of thioether (sulfide) groups is 1. The number of hydrogen-bond donors (Lipinski definition) is 2. The van der Waals surface area contributed by atoms with E-state index in [1.807, 2.05) is 0 Å². The maximum Gasteiger partial charge on any atom is 0.313 e. The largest absolute Gasteiger partial charge is 0.481 e. The Labute approximate surface area is 113 Å². The summed E-state index contributed by atoms with van der Waals surface area (Å²) in [6, 6.07) is 0. The minimum atomic E-state index is -2.99. The maximum atomic E-state index is 11.2. The Morgan fingerprint density at radius 1 is 1.50 bits per heavy atom. The van der Waals surface area contributed by atoms with E-state index in [1.54, 1.807) is 6.92 Å². The van der Waals surface area contributed by atoms with Crippen LogP contribution in [0.15, 0.2) is 4.34 Å². The summed E-state index contributed by atoms with van der Waals surface area (Å²) >= 11 is 2.28. The summed E-state index contributed by atoms with van der Waals surface area (Å²) in [5.41, 5.74) is 0. The van der Waals surface area contributed by atoms with Crippen LogP contribution in [-0.2, 0) is 14.6 Å². The van der Waals surface area contributed by atoms with Crippen molar-refractivity contribution in [1.29, 1.82) is 0 Å². The predicted octanol–water partition coefficient (Wildman–Crippen LogP) is 0.561. The average Bonchev–Trinajstić information content (AvgIpc) is 2.74. The lowest BCUT2D eigenvalue weighted by molar-refractivity contribution is -0.133. The highest BCUT2D eigenvalue weighted by Crippen LogP contribution is 2.24. The molecule has 0 radical (unpaired) electrons. The molecule has 0 aliphatic carbocycles. The van der Waals surface area contributed by atoms with E-state index in [4.69, 9.17) is 5.11 Å². The number of anilines is 1. The lowest BCUT2D eigenvalue weighted by Gasteiger charge is -2.01. The van der Waals surface area contributed by atoms with Crippen molar-refractivity contribution in [2.75, 3.05) is 29.1 Å². The lowest BCUT2D eigenvalue weighted by atomic mass is 10.7. The highest BCUT2D eigenvalue weighted by atomic mass is 32.2. The summed E-state index contributed by atoms with van der Waals surface area (Å²) in [6.07, 6.45) is 0. The summed E-state index contributed by atoms with van der Waals surface area (Å²) in [4.78, 5) is 10.3. The SMILES string of the molecule is CCS(=O)(=O)CCNc1nnc(SCC(=O)O)s1. The van der Waals surface area contributed by atoms with Gasteiger partial charge in [-0.05, 0) is 0 Å². The summed E-state index contributed by atoms with van der Waals surface area (Å²) in [5, 5.41) is 19.4. The van der Waals surface area contributed by atoms with Crippen LogP contribution in [0.4, 0.5) is 5.13 Å². The highest BCUT2D eigenvalue weighted by molar-refractivity contribution is 8.01.